The Balaban J connectivity index is 2.94. The van der Waals surface area contributed by atoms with E-state index in [-0.39, 0.29) is 18.4 Å². The van der Waals surface area contributed by atoms with Crippen LogP contribution in [0.3, 0.4) is 0 Å². The van der Waals surface area contributed by atoms with Crippen molar-refractivity contribution >= 4 is 12.1 Å². The summed E-state index contributed by atoms with van der Waals surface area (Å²) in [5.41, 5.74) is -0.748. The summed E-state index contributed by atoms with van der Waals surface area (Å²) in [5, 5.41) is 0. The highest BCUT2D eigenvalue weighted by molar-refractivity contribution is 5.69. The number of rotatable bonds is 6. The van der Waals surface area contributed by atoms with Crippen molar-refractivity contribution in [1.82, 2.24) is 9.80 Å². The first-order chi connectivity index (χ1) is 11.8. The topological polar surface area (TPSA) is 59.1 Å². The first kappa shape index (κ1) is 22.6. The zero-order chi connectivity index (χ0) is 20.3. The predicted molar refractivity (Wildman–Crippen MR) is 94.2 cm³/mol. The molecule has 3 atom stereocenters. The number of carbonyl (C=O) groups is 2. The molecule has 0 N–H and O–H groups in total. The van der Waals surface area contributed by atoms with Crippen LogP contribution < -0.4 is 0 Å². The van der Waals surface area contributed by atoms with Gasteiger partial charge in [-0.3, -0.25) is 14.6 Å². The van der Waals surface area contributed by atoms with Gasteiger partial charge in [0, 0.05) is 12.5 Å². The van der Waals surface area contributed by atoms with Crippen molar-refractivity contribution in [2.75, 3.05) is 20.2 Å². The number of hydrogen-bond donors (Lipinski definition) is 0. The summed E-state index contributed by atoms with van der Waals surface area (Å²) in [6.07, 6.45) is -0.159. The lowest BCUT2D eigenvalue weighted by atomic mass is 10.0. The van der Waals surface area contributed by atoms with Crippen LogP contribution in [0.1, 0.15) is 54.4 Å². The van der Waals surface area contributed by atoms with Crippen LogP contribution in [0, 0.1) is 0 Å². The van der Waals surface area contributed by atoms with Crippen LogP contribution in [-0.4, -0.2) is 71.7 Å². The van der Waals surface area contributed by atoms with Crippen molar-refractivity contribution in [3.63, 3.8) is 0 Å². The van der Waals surface area contributed by atoms with E-state index in [0.29, 0.717) is 13.0 Å². The summed E-state index contributed by atoms with van der Waals surface area (Å²) < 4.78 is 39.5. The lowest BCUT2D eigenvalue weighted by molar-refractivity contribution is -0.141. The van der Waals surface area contributed by atoms with Gasteiger partial charge in [-0.2, -0.15) is 0 Å². The molecule has 0 aromatic rings. The fraction of sp³-hybridized carbons (Fsp3) is 0.889. The summed E-state index contributed by atoms with van der Waals surface area (Å²) in [6.45, 7) is 10.0. The van der Waals surface area contributed by atoms with Crippen LogP contribution in [-0.2, 0) is 14.3 Å². The van der Waals surface area contributed by atoms with E-state index in [0.717, 1.165) is 4.90 Å². The molecule has 0 spiro atoms. The van der Waals surface area contributed by atoms with Crippen molar-refractivity contribution in [3.05, 3.63) is 0 Å². The number of likely N-dealkylation sites (tertiary alicyclic amines) is 1. The molecule has 0 aromatic carbocycles. The maximum Gasteiger partial charge on any atom is 0.410 e. The molecule has 1 fully saturated rings. The standard InChI is InChI=1S/C18H32F2N2O4/c1-8-21(12(2)9-10-14(23)25-7)15-13(3)22(11-18(15,19)20)16(24)26-17(4,5)6/h12-13,15H,8-11H2,1-7H3/t12-,13-,15+/m0/s1. The normalized spacial score (nSPS) is 23.8. The average molecular weight is 378 g/mol. The first-order valence-corrected chi connectivity index (χ1v) is 9.04. The number of likely N-dealkylation sites (N-methyl/N-ethyl adjacent to an activating group) is 1. The summed E-state index contributed by atoms with van der Waals surface area (Å²) in [4.78, 5) is 26.5. The fourth-order valence-corrected chi connectivity index (χ4v) is 3.44. The molecule has 1 saturated heterocycles. The molecule has 152 valence electrons. The van der Waals surface area contributed by atoms with Crippen molar-refractivity contribution in [1.29, 1.82) is 0 Å². The maximum absolute atomic E-state index is 14.8. The van der Waals surface area contributed by atoms with Gasteiger partial charge in [-0.15, -0.1) is 0 Å². The number of carbonyl (C=O) groups excluding carboxylic acids is 2. The van der Waals surface area contributed by atoms with E-state index in [9.17, 15) is 18.4 Å². The van der Waals surface area contributed by atoms with Crippen molar-refractivity contribution in [2.24, 2.45) is 0 Å². The molecule has 6 nitrogen and oxygen atoms in total. The van der Waals surface area contributed by atoms with E-state index in [1.807, 2.05) is 6.92 Å². The number of hydrogen-bond acceptors (Lipinski definition) is 5. The highest BCUT2D eigenvalue weighted by Crippen LogP contribution is 2.38. The molecule has 0 radical (unpaired) electrons. The molecule has 1 aliphatic heterocycles. The summed E-state index contributed by atoms with van der Waals surface area (Å²) in [7, 11) is 1.30. The van der Waals surface area contributed by atoms with Gasteiger partial charge in [0.25, 0.3) is 5.92 Å². The van der Waals surface area contributed by atoms with Gasteiger partial charge in [0.05, 0.1) is 25.7 Å². The number of ether oxygens (including phenoxy) is 2. The second-order valence-electron chi connectivity index (χ2n) is 7.85. The fourth-order valence-electron chi connectivity index (χ4n) is 3.44. The third-order valence-corrected chi connectivity index (χ3v) is 4.67. The predicted octanol–water partition coefficient (Wildman–Crippen LogP) is 3.29. The monoisotopic (exact) mass is 378 g/mol. The average Bonchev–Trinajstić information content (AvgIpc) is 2.75. The third-order valence-electron chi connectivity index (χ3n) is 4.67. The zero-order valence-electron chi connectivity index (χ0n) is 16.8. The molecule has 1 heterocycles. The number of alkyl halides is 2. The number of halogens is 2. The lowest BCUT2D eigenvalue weighted by Gasteiger charge is -2.38. The number of nitrogens with zero attached hydrogens (tertiary/aromatic N) is 2. The van der Waals surface area contributed by atoms with E-state index < -0.39 is 36.2 Å². The summed E-state index contributed by atoms with van der Waals surface area (Å²) >= 11 is 0. The highest BCUT2D eigenvalue weighted by Gasteiger charge is 2.57. The zero-order valence-corrected chi connectivity index (χ0v) is 16.8. The van der Waals surface area contributed by atoms with Crippen LogP contribution in [0.5, 0.6) is 0 Å². The largest absolute Gasteiger partial charge is 0.469 e. The van der Waals surface area contributed by atoms with Gasteiger partial charge in [0.2, 0.25) is 0 Å². The minimum Gasteiger partial charge on any atom is -0.469 e. The van der Waals surface area contributed by atoms with Crippen LogP contribution in [0.15, 0.2) is 0 Å². The molecule has 1 rings (SSSR count). The number of esters is 1. The molecule has 8 heteroatoms. The molecule has 0 aliphatic carbocycles. The lowest BCUT2D eigenvalue weighted by Crippen LogP contribution is -2.54. The minimum atomic E-state index is -3.06. The van der Waals surface area contributed by atoms with Gasteiger partial charge in [0.1, 0.15) is 5.60 Å². The first-order valence-electron chi connectivity index (χ1n) is 9.04. The van der Waals surface area contributed by atoms with E-state index >= 15 is 0 Å². The minimum absolute atomic E-state index is 0.163. The van der Waals surface area contributed by atoms with Gasteiger partial charge in [-0.05, 0) is 47.6 Å². The third kappa shape index (κ3) is 5.53. The Morgan fingerprint density at radius 2 is 1.92 bits per heavy atom. The second-order valence-corrected chi connectivity index (χ2v) is 7.85. The number of amides is 1. The molecule has 1 aliphatic rings. The maximum atomic E-state index is 14.8. The van der Waals surface area contributed by atoms with Crippen LogP contribution in [0.2, 0.25) is 0 Å². The Bertz CT molecular complexity index is 508. The van der Waals surface area contributed by atoms with Crippen molar-refractivity contribution < 1.29 is 27.8 Å². The smallest absolute Gasteiger partial charge is 0.410 e. The van der Waals surface area contributed by atoms with Gasteiger partial charge in [0.15, 0.2) is 0 Å². The van der Waals surface area contributed by atoms with E-state index in [1.54, 1.807) is 39.5 Å². The Morgan fingerprint density at radius 3 is 2.38 bits per heavy atom. The van der Waals surface area contributed by atoms with Crippen LogP contribution in [0.4, 0.5) is 13.6 Å². The second kappa shape index (κ2) is 8.50. The Hall–Kier alpha value is -1.44. The van der Waals surface area contributed by atoms with Crippen molar-refractivity contribution in [3.8, 4) is 0 Å². The number of methoxy groups -OCH3 is 1. The molecule has 26 heavy (non-hydrogen) atoms. The molecule has 0 aromatic heterocycles. The SMILES string of the molecule is CCN([C@@H](C)CCC(=O)OC)[C@@H]1[C@H](C)N(C(=O)OC(C)(C)C)CC1(F)F. The molecular weight excluding hydrogens is 346 g/mol. The highest BCUT2D eigenvalue weighted by atomic mass is 19.3. The van der Waals surface area contributed by atoms with Crippen LogP contribution >= 0.6 is 0 Å². The van der Waals surface area contributed by atoms with Crippen molar-refractivity contribution in [2.45, 2.75) is 84.0 Å². The summed E-state index contributed by atoms with van der Waals surface area (Å²) in [5.74, 6) is -3.43. The van der Waals surface area contributed by atoms with E-state index in [4.69, 9.17) is 4.74 Å². The van der Waals surface area contributed by atoms with E-state index in [2.05, 4.69) is 4.74 Å². The summed E-state index contributed by atoms with van der Waals surface area (Å²) in [6, 6.07) is -2.09. The van der Waals surface area contributed by atoms with Gasteiger partial charge < -0.3 is 9.47 Å². The molecule has 0 bridgehead atoms. The quantitative estimate of drug-likeness (QED) is 0.664. The molecule has 1 amide bonds. The Kier molecular flexibility index (Phi) is 7.39. The van der Waals surface area contributed by atoms with Crippen LogP contribution in [0.25, 0.3) is 0 Å². The van der Waals surface area contributed by atoms with Gasteiger partial charge >= 0.3 is 12.1 Å². The Morgan fingerprint density at radius 1 is 1.35 bits per heavy atom. The molecular formula is C18H32F2N2O4. The molecule has 0 unspecified atom stereocenters. The van der Waals surface area contributed by atoms with Gasteiger partial charge in [-0.1, -0.05) is 6.92 Å². The Labute approximate surface area is 154 Å². The molecule has 0 saturated carbocycles. The van der Waals surface area contributed by atoms with Gasteiger partial charge in [-0.25, -0.2) is 13.6 Å². The van der Waals surface area contributed by atoms with E-state index in [1.165, 1.54) is 7.11 Å².